The Balaban J connectivity index is 2.39. The summed E-state index contributed by atoms with van der Waals surface area (Å²) in [6.07, 6.45) is 2.79. The SMILES string of the molecule is COCCCN(C)Cc1cc(NN)ccn1. The van der Waals surface area contributed by atoms with Crippen molar-refractivity contribution >= 4 is 5.69 Å². The Morgan fingerprint density at radius 2 is 2.38 bits per heavy atom. The fraction of sp³-hybridized carbons (Fsp3) is 0.545. The van der Waals surface area contributed by atoms with Crippen LogP contribution in [0.3, 0.4) is 0 Å². The lowest BCUT2D eigenvalue weighted by molar-refractivity contribution is 0.178. The highest BCUT2D eigenvalue weighted by Gasteiger charge is 2.02. The quantitative estimate of drug-likeness (QED) is 0.408. The highest BCUT2D eigenvalue weighted by Crippen LogP contribution is 2.07. The van der Waals surface area contributed by atoms with Crippen molar-refractivity contribution in [1.29, 1.82) is 0 Å². The number of hydrogen-bond acceptors (Lipinski definition) is 5. The number of nitrogens with zero attached hydrogens (tertiary/aromatic N) is 2. The van der Waals surface area contributed by atoms with Crippen LogP contribution in [0.4, 0.5) is 5.69 Å². The van der Waals surface area contributed by atoms with Crippen molar-refractivity contribution in [2.45, 2.75) is 13.0 Å². The van der Waals surface area contributed by atoms with Crippen molar-refractivity contribution in [3.8, 4) is 0 Å². The second-order valence-corrected chi connectivity index (χ2v) is 3.76. The van der Waals surface area contributed by atoms with Gasteiger partial charge < -0.3 is 15.1 Å². The summed E-state index contributed by atoms with van der Waals surface area (Å²) >= 11 is 0. The van der Waals surface area contributed by atoms with Gasteiger partial charge in [0.05, 0.1) is 11.4 Å². The van der Waals surface area contributed by atoms with E-state index in [0.717, 1.165) is 37.5 Å². The van der Waals surface area contributed by atoms with Crippen LogP contribution in [0.15, 0.2) is 18.3 Å². The summed E-state index contributed by atoms with van der Waals surface area (Å²) in [4.78, 5) is 6.50. The lowest BCUT2D eigenvalue weighted by Crippen LogP contribution is -2.21. The van der Waals surface area contributed by atoms with Gasteiger partial charge in [-0.1, -0.05) is 0 Å². The van der Waals surface area contributed by atoms with Crippen molar-refractivity contribution in [1.82, 2.24) is 9.88 Å². The van der Waals surface area contributed by atoms with Crippen LogP contribution in [0.2, 0.25) is 0 Å². The van der Waals surface area contributed by atoms with Crippen molar-refractivity contribution in [3.63, 3.8) is 0 Å². The minimum Gasteiger partial charge on any atom is -0.385 e. The Bertz CT molecular complexity index is 306. The number of anilines is 1. The van der Waals surface area contributed by atoms with Crippen molar-refractivity contribution < 1.29 is 4.74 Å². The number of nitrogen functional groups attached to an aromatic ring is 1. The van der Waals surface area contributed by atoms with E-state index in [1.54, 1.807) is 13.3 Å². The first-order valence-corrected chi connectivity index (χ1v) is 5.35. The molecule has 5 heteroatoms. The molecule has 0 bridgehead atoms. The summed E-state index contributed by atoms with van der Waals surface area (Å²) in [5, 5.41) is 0. The molecule has 0 saturated heterocycles. The maximum atomic E-state index is 5.34. The maximum Gasteiger partial charge on any atom is 0.0564 e. The lowest BCUT2D eigenvalue weighted by atomic mass is 10.3. The van der Waals surface area contributed by atoms with Crippen LogP contribution in [0, 0.1) is 0 Å². The molecule has 0 saturated carbocycles. The molecule has 1 aromatic heterocycles. The van der Waals surface area contributed by atoms with E-state index in [0.29, 0.717) is 0 Å². The molecule has 1 aromatic rings. The third-order valence-electron chi connectivity index (χ3n) is 2.30. The van der Waals surface area contributed by atoms with Gasteiger partial charge in [-0.25, -0.2) is 0 Å². The number of pyridine rings is 1. The Morgan fingerprint density at radius 1 is 1.56 bits per heavy atom. The maximum absolute atomic E-state index is 5.34. The highest BCUT2D eigenvalue weighted by atomic mass is 16.5. The van der Waals surface area contributed by atoms with Crippen molar-refractivity contribution in [2.75, 3.05) is 32.7 Å². The van der Waals surface area contributed by atoms with Gasteiger partial charge in [-0.3, -0.25) is 10.8 Å². The van der Waals surface area contributed by atoms with Gasteiger partial charge in [-0.2, -0.15) is 0 Å². The second-order valence-electron chi connectivity index (χ2n) is 3.76. The zero-order chi connectivity index (χ0) is 11.8. The van der Waals surface area contributed by atoms with Gasteiger partial charge in [-0.15, -0.1) is 0 Å². The van der Waals surface area contributed by atoms with Gasteiger partial charge in [0.2, 0.25) is 0 Å². The summed E-state index contributed by atoms with van der Waals surface area (Å²) < 4.78 is 5.01. The molecule has 5 nitrogen and oxygen atoms in total. The average molecular weight is 224 g/mol. The molecule has 0 atom stereocenters. The predicted octanol–water partition coefficient (Wildman–Crippen LogP) is 0.835. The van der Waals surface area contributed by atoms with Gasteiger partial charge in [0.1, 0.15) is 0 Å². The summed E-state index contributed by atoms with van der Waals surface area (Å²) in [5.41, 5.74) is 4.51. The molecule has 0 aliphatic rings. The first-order valence-electron chi connectivity index (χ1n) is 5.35. The summed E-state index contributed by atoms with van der Waals surface area (Å²) in [6, 6.07) is 3.79. The Morgan fingerprint density at radius 3 is 3.06 bits per heavy atom. The topological polar surface area (TPSA) is 63.4 Å². The third kappa shape index (κ3) is 4.57. The molecule has 16 heavy (non-hydrogen) atoms. The zero-order valence-electron chi connectivity index (χ0n) is 9.94. The minimum atomic E-state index is 0.794. The molecule has 1 heterocycles. The largest absolute Gasteiger partial charge is 0.385 e. The average Bonchev–Trinajstić information content (AvgIpc) is 2.29. The molecule has 0 fully saturated rings. The summed E-state index contributed by atoms with van der Waals surface area (Å²) in [5.74, 6) is 5.34. The minimum absolute atomic E-state index is 0.794. The molecule has 0 spiro atoms. The Hall–Kier alpha value is -1.17. The molecule has 0 aliphatic carbocycles. The van der Waals surface area contributed by atoms with Crippen LogP contribution in [-0.2, 0) is 11.3 Å². The smallest absolute Gasteiger partial charge is 0.0564 e. The van der Waals surface area contributed by atoms with Gasteiger partial charge >= 0.3 is 0 Å². The van der Waals surface area contributed by atoms with E-state index >= 15 is 0 Å². The van der Waals surface area contributed by atoms with Gasteiger partial charge in [-0.05, 0) is 25.6 Å². The number of hydrazine groups is 1. The summed E-state index contributed by atoms with van der Waals surface area (Å²) in [7, 11) is 3.79. The van der Waals surface area contributed by atoms with Crippen LogP contribution < -0.4 is 11.3 Å². The van der Waals surface area contributed by atoms with Gasteiger partial charge in [0.15, 0.2) is 0 Å². The van der Waals surface area contributed by atoms with E-state index < -0.39 is 0 Å². The van der Waals surface area contributed by atoms with Gasteiger partial charge in [0, 0.05) is 33.0 Å². The van der Waals surface area contributed by atoms with Gasteiger partial charge in [0.25, 0.3) is 0 Å². The van der Waals surface area contributed by atoms with Crippen LogP contribution in [0.5, 0.6) is 0 Å². The number of nitrogens with one attached hydrogen (secondary N) is 1. The lowest BCUT2D eigenvalue weighted by Gasteiger charge is -2.16. The molecule has 3 N–H and O–H groups in total. The first-order chi connectivity index (χ1) is 7.76. The molecular formula is C11H20N4O. The van der Waals surface area contributed by atoms with Crippen LogP contribution in [-0.4, -0.2) is 37.2 Å². The van der Waals surface area contributed by atoms with E-state index in [4.69, 9.17) is 10.6 Å². The highest BCUT2D eigenvalue weighted by molar-refractivity contribution is 5.41. The standard InChI is InChI=1S/C11H20N4O/c1-15(6-3-7-16-2)9-11-8-10(14-12)4-5-13-11/h4-5,8H,3,6-7,9,12H2,1-2H3,(H,13,14). The third-order valence-corrected chi connectivity index (χ3v) is 2.30. The molecule has 90 valence electrons. The Labute approximate surface area is 96.6 Å². The van der Waals surface area contributed by atoms with E-state index in [1.165, 1.54) is 0 Å². The van der Waals surface area contributed by atoms with Crippen molar-refractivity contribution in [2.24, 2.45) is 5.84 Å². The zero-order valence-corrected chi connectivity index (χ0v) is 9.94. The monoisotopic (exact) mass is 224 g/mol. The molecule has 0 amide bonds. The van der Waals surface area contributed by atoms with Crippen LogP contribution in [0.25, 0.3) is 0 Å². The molecule has 0 unspecified atom stereocenters. The van der Waals surface area contributed by atoms with E-state index in [2.05, 4.69) is 22.4 Å². The number of methoxy groups -OCH3 is 1. The van der Waals surface area contributed by atoms with Crippen LogP contribution in [0.1, 0.15) is 12.1 Å². The normalized spacial score (nSPS) is 10.8. The first kappa shape index (κ1) is 12.9. The van der Waals surface area contributed by atoms with E-state index in [9.17, 15) is 0 Å². The fourth-order valence-electron chi connectivity index (χ4n) is 1.49. The molecule has 1 rings (SSSR count). The molecular weight excluding hydrogens is 204 g/mol. The molecule has 0 aliphatic heterocycles. The molecule has 0 radical (unpaired) electrons. The number of nitrogens with two attached hydrogens (primary N) is 1. The van der Waals surface area contributed by atoms with E-state index in [1.807, 2.05) is 12.1 Å². The second kappa shape index (κ2) is 7.16. The fourth-order valence-corrected chi connectivity index (χ4v) is 1.49. The van der Waals surface area contributed by atoms with E-state index in [-0.39, 0.29) is 0 Å². The van der Waals surface area contributed by atoms with Crippen molar-refractivity contribution in [3.05, 3.63) is 24.0 Å². The molecule has 0 aromatic carbocycles. The van der Waals surface area contributed by atoms with Crippen LogP contribution >= 0.6 is 0 Å². The Kier molecular flexibility index (Phi) is 5.77. The number of aromatic nitrogens is 1. The summed E-state index contributed by atoms with van der Waals surface area (Å²) in [6.45, 7) is 2.61. The number of rotatable bonds is 7. The predicted molar refractivity (Wildman–Crippen MR) is 64.9 cm³/mol. The number of ether oxygens (including phenoxy) is 1. The number of hydrogen-bond donors (Lipinski definition) is 2.